The van der Waals surface area contributed by atoms with Crippen molar-refractivity contribution in [3.05, 3.63) is 78.1 Å². The second kappa shape index (κ2) is 8.44. The van der Waals surface area contributed by atoms with Crippen LogP contribution in [0.1, 0.15) is 30.4 Å². The quantitative estimate of drug-likeness (QED) is 0.694. The monoisotopic (exact) mass is 374 g/mol. The topological polar surface area (TPSA) is 45.6 Å². The third-order valence-corrected chi connectivity index (χ3v) is 5.44. The van der Waals surface area contributed by atoms with E-state index in [1.165, 1.54) is 5.56 Å². The minimum absolute atomic E-state index is 0.204. The van der Waals surface area contributed by atoms with Gasteiger partial charge in [0.2, 0.25) is 0 Å². The van der Waals surface area contributed by atoms with E-state index in [9.17, 15) is 5.11 Å². The van der Waals surface area contributed by atoms with Gasteiger partial charge in [0, 0.05) is 36.6 Å². The lowest BCUT2D eigenvalue weighted by molar-refractivity contribution is 0.218. The third kappa shape index (κ3) is 4.18. The number of ether oxygens (including phenoxy) is 1. The Kier molecular flexibility index (Phi) is 5.58. The Bertz CT molecular complexity index is 913. The van der Waals surface area contributed by atoms with Gasteiger partial charge in [-0.05, 0) is 48.2 Å². The van der Waals surface area contributed by atoms with Gasteiger partial charge in [-0.25, -0.2) is 0 Å². The Hall–Kier alpha value is -2.85. The lowest BCUT2D eigenvalue weighted by Crippen LogP contribution is -2.27. The molecule has 0 spiro atoms. The van der Waals surface area contributed by atoms with Gasteiger partial charge in [-0.1, -0.05) is 43.3 Å². The van der Waals surface area contributed by atoms with E-state index in [0.717, 1.165) is 42.7 Å². The average molecular weight is 374 g/mol. The fourth-order valence-electron chi connectivity index (χ4n) is 3.77. The first-order chi connectivity index (χ1) is 13.7. The maximum absolute atomic E-state index is 10.5. The van der Waals surface area contributed by atoms with Crippen LogP contribution in [0.15, 0.2) is 67.0 Å². The summed E-state index contributed by atoms with van der Waals surface area (Å²) in [4.78, 5) is 6.61. The highest BCUT2D eigenvalue weighted by Crippen LogP contribution is 2.37. The van der Waals surface area contributed by atoms with Crippen molar-refractivity contribution >= 4 is 0 Å². The van der Waals surface area contributed by atoms with Gasteiger partial charge in [-0.3, -0.25) is 9.88 Å². The molecule has 4 rings (SSSR count). The number of benzene rings is 2. The number of hydrogen-bond donors (Lipinski definition) is 1. The second-order valence-corrected chi connectivity index (χ2v) is 7.45. The molecule has 4 nitrogen and oxygen atoms in total. The van der Waals surface area contributed by atoms with E-state index in [0.29, 0.717) is 18.3 Å². The molecule has 0 saturated heterocycles. The van der Waals surface area contributed by atoms with Gasteiger partial charge >= 0.3 is 0 Å². The van der Waals surface area contributed by atoms with Crippen molar-refractivity contribution in [2.45, 2.75) is 25.8 Å². The fourth-order valence-corrected chi connectivity index (χ4v) is 3.77. The summed E-state index contributed by atoms with van der Waals surface area (Å²) in [6.07, 6.45) is 4.66. The van der Waals surface area contributed by atoms with Crippen LogP contribution in [0, 0.1) is 0 Å². The van der Waals surface area contributed by atoms with Gasteiger partial charge < -0.3 is 9.84 Å². The van der Waals surface area contributed by atoms with E-state index in [4.69, 9.17) is 4.74 Å². The molecule has 0 fully saturated rings. The second-order valence-electron chi connectivity index (χ2n) is 7.45. The van der Waals surface area contributed by atoms with Crippen LogP contribution in [-0.4, -0.2) is 34.7 Å². The van der Waals surface area contributed by atoms with Crippen LogP contribution in [-0.2, 0) is 6.54 Å². The van der Waals surface area contributed by atoms with Crippen LogP contribution >= 0.6 is 0 Å². The molecule has 0 amide bonds. The van der Waals surface area contributed by atoms with E-state index in [2.05, 4.69) is 53.2 Å². The lowest BCUT2D eigenvalue weighted by Gasteiger charge is -2.22. The fraction of sp³-hybridized carbons (Fsp3) is 0.292. The first-order valence-corrected chi connectivity index (χ1v) is 9.87. The number of rotatable bonds is 5. The molecule has 0 bridgehead atoms. The molecule has 0 radical (unpaired) electrons. The zero-order chi connectivity index (χ0) is 19.3. The van der Waals surface area contributed by atoms with Crippen molar-refractivity contribution in [3.63, 3.8) is 0 Å². The molecule has 0 aliphatic carbocycles. The summed E-state index contributed by atoms with van der Waals surface area (Å²) in [5, 5.41) is 10.5. The zero-order valence-electron chi connectivity index (χ0n) is 16.2. The normalized spacial score (nSPS) is 15.3. The largest absolute Gasteiger partial charge is 0.504 e. The smallest absolute Gasteiger partial charge is 0.165 e. The maximum atomic E-state index is 10.5. The van der Waals surface area contributed by atoms with E-state index < -0.39 is 0 Å². The Morgan fingerprint density at radius 3 is 2.75 bits per heavy atom. The van der Waals surface area contributed by atoms with Crippen molar-refractivity contribution in [1.82, 2.24) is 9.88 Å². The predicted molar refractivity (Wildman–Crippen MR) is 112 cm³/mol. The van der Waals surface area contributed by atoms with Crippen molar-refractivity contribution in [1.29, 1.82) is 0 Å². The maximum Gasteiger partial charge on any atom is 0.165 e. The molecule has 3 aromatic rings. The van der Waals surface area contributed by atoms with Crippen molar-refractivity contribution in [2.24, 2.45) is 0 Å². The molecule has 4 heteroatoms. The minimum atomic E-state index is 0.204. The van der Waals surface area contributed by atoms with E-state index in [-0.39, 0.29) is 5.75 Å². The summed E-state index contributed by atoms with van der Waals surface area (Å²) in [6.45, 7) is 5.50. The Morgan fingerprint density at radius 2 is 1.96 bits per heavy atom. The van der Waals surface area contributed by atoms with Crippen LogP contribution in [0.25, 0.3) is 11.1 Å². The molecule has 1 aliphatic rings. The molecule has 1 aliphatic heterocycles. The lowest BCUT2D eigenvalue weighted by atomic mass is 9.97. The summed E-state index contributed by atoms with van der Waals surface area (Å²) in [5.41, 5.74) is 4.37. The highest BCUT2D eigenvalue weighted by atomic mass is 16.5. The van der Waals surface area contributed by atoms with Crippen LogP contribution in [0.2, 0.25) is 0 Å². The van der Waals surface area contributed by atoms with Crippen molar-refractivity contribution < 1.29 is 9.84 Å². The van der Waals surface area contributed by atoms with E-state index in [1.54, 1.807) is 12.3 Å². The van der Waals surface area contributed by atoms with E-state index in [1.807, 2.05) is 18.3 Å². The summed E-state index contributed by atoms with van der Waals surface area (Å²) < 4.78 is 5.88. The number of hydrogen-bond acceptors (Lipinski definition) is 4. The number of fused-ring (bicyclic) bond motifs is 1. The summed E-state index contributed by atoms with van der Waals surface area (Å²) >= 11 is 0. The van der Waals surface area contributed by atoms with Crippen LogP contribution in [0.4, 0.5) is 0 Å². The highest BCUT2D eigenvalue weighted by molar-refractivity contribution is 5.68. The SMILES string of the molecule is C[C@H](CCN1CCOc2c(O)cc(-c3cccnc3)cc2C1)c1ccccc1. The predicted octanol–water partition coefficient (Wildman–Crippen LogP) is 4.84. The number of aromatic nitrogens is 1. The van der Waals surface area contributed by atoms with Gasteiger partial charge in [0.25, 0.3) is 0 Å². The average Bonchev–Trinajstić information content (AvgIpc) is 2.95. The summed E-state index contributed by atoms with van der Waals surface area (Å²) in [5.74, 6) is 1.34. The first kappa shape index (κ1) is 18.5. The highest BCUT2D eigenvalue weighted by Gasteiger charge is 2.20. The van der Waals surface area contributed by atoms with Gasteiger partial charge in [-0.2, -0.15) is 0 Å². The standard InChI is InChI=1S/C24H26N2O2/c1-18(19-6-3-2-4-7-19)9-11-26-12-13-28-24-22(17-26)14-21(15-23(24)27)20-8-5-10-25-16-20/h2-8,10,14-16,18,27H,9,11-13,17H2,1H3/t18-/m1/s1. The number of phenols is 1. The Labute approximate surface area is 166 Å². The zero-order valence-corrected chi connectivity index (χ0v) is 16.2. The van der Waals surface area contributed by atoms with Gasteiger partial charge in [-0.15, -0.1) is 0 Å². The summed E-state index contributed by atoms with van der Waals surface area (Å²) in [6, 6.07) is 18.5. The minimum Gasteiger partial charge on any atom is -0.504 e. The van der Waals surface area contributed by atoms with Gasteiger partial charge in [0.05, 0.1) is 0 Å². The number of phenolic OH excluding ortho intramolecular Hbond substituents is 1. The molecular formula is C24H26N2O2. The molecule has 0 unspecified atom stereocenters. The Balaban J connectivity index is 1.50. The van der Waals surface area contributed by atoms with Crippen LogP contribution < -0.4 is 4.74 Å². The molecule has 1 N–H and O–H groups in total. The summed E-state index contributed by atoms with van der Waals surface area (Å²) in [7, 11) is 0. The van der Waals surface area contributed by atoms with Gasteiger partial charge in [0.15, 0.2) is 11.5 Å². The molecule has 1 aromatic heterocycles. The first-order valence-electron chi connectivity index (χ1n) is 9.87. The molecular weight excluding hydrogens is 348 g/mol. The van der Waals surface area contributed by atoms with Crippen molar-refractivity contribution in [3.8, 4) is 22.6 Å². The Morgan fingerprint density at radius 1 is 1.11 bits per heavy atom. The molecule has 0 saturated carbocycles. The van der Waals surface area contributed by atoms with E-state index >= 15 is 0 Å². The molecule has 2 heterocycles. The number of aromatic hydroxyl groups is 1. The number of pyridine rings is 1. The molecule has 28 heavy (non-hydrogen) atoms. The molecule has 144 valence electrons. The van der Waals surface area contributed by atoms with Crippen LogP contribution in [0.3, 0.4) is 0 Å². The van der Waals surface area contributed by atoms with Crippen LogP contribution in [0.5, 0.6) is 11.5 Å². The van der Waals surface area contributed by atoms with Crippen molar-refractivity contribution in [2.75, 3.05) is 19.7 Å². The molecule has 1 atom stereocenters. The number of nitrogens with zero attached hydrogens (tertiary/aromatic N) is 2. The third-order valence-electron chi connectivity index (χ3n) is 5.44. The molecule has 2 aromatic carbocycles. The van der Waals surface area contributed by atoms with Gasteiger partial charge in [0.1, 0.15) is 6.61 Å².